The van der Waals surface area contributed by atoms with Gasteiger partial charge in [0.05, 0.1) is 4.91 Å². The number of amides is 1. The molecule has 0 aliphatic carbocycles. The van der Waals surface area contributed by atoms with E-state index in [0.29, 0.717) is 20.7 Å². The van der Waals surface area contributed by atoms with Crippen LogP contribution in [0.4, 0.5) is 0 Å². The Kier molecular flexibility index (Phi) is 5.39. The number of carboxylic acid groups (broad SMARTS) is 1. The molecule has 0 saturated carbocycles. The summed E-state index contributed by atoms with van der Waals surface area (Å²) < 4.78 is 0.437. The maximum Gasteiger partial charge on any atom is 0.266 e. The second-order valence-corrected chi connectivity index (χ2v) is 6.48. The molecule has 21 heavy (non-hydrogen) atoms. The SMILES string of the molecule is O=C([O-])CCCN1C(=O)/C(=C\c2cccc(Cl)c2)SC1=S. The largest absolute Gasteiger partial charge is 0.550 e. The number of benzene rings is 1. The summed E-state index contributed by atoms with van der Waals surface area (Å²) in [5.74, 6) is -1.33. The molecule has 1 aromatic carbocycles. The molecule has 0 aromatic heterocycles. The van der Waals surface area contributed by atoms with Gasteiger partial charge in [-0.15, -0.1) is 0 Å². The van der Waals surface area contributed by atoms with Crippen molar-refractivity contribution in [3.63, 3.8) is 0 Å². The van der Waals surface area contributed by atoms with Gasteiger partial charge in [0.15, 0.2) is 0 Å². The van der Waals surface area contributed by atoms with E-state index in [4.69, 9.17) is 23.8 Å². The summed E-state index contributed by atoms with van der Waals surface area (Å²) in [4.78, 5) is 24.6. The zero-order valence-electron chi connectivity index (χ0n) is 10.9. The fourth-order valence-electron chi connectivity index (χ4n) is 1.82. The van der Waals surface area contributed by atoms with Gasteiger partial charge in [-0.05, 0) is 36.6 Å². The molecule has 1 aliphatic rings. The van der Waals surface area contributed by atoms with Crippen molar-refractivity contribution in [2.24, 2.45) is 0 Å². The van der Waals surface area contributed by atoms with E-state index in [2.05, 4.69) is 0 Å². The molecule has 1 aliphatic heterocycles. The third-order valence-corrected chi connectivity index (χ3v) is 4.40. The van der Waals surface area contributed by atoms with Crippen molar-refractivity contribution in [2.75, 3.05) is 6.54 Å². The standard InChI is InChI=1S/C14H12ClNO3S2/c15-10-4-1-3-9(7-10)8-11-13(19)16(14(20)21-11)6-2-5-12(17)18/h1,3-4,7-8H,2,5-6H2,(H,17,18)/p-1/b11-8+. The number of hydrogen-bond acceptors (Lipinski definition) is 5. The van der Waals surface area contributed by atoms with E-state index < -0.39 is 5.97 Å². The first-order chi connectivity index (χ1) is 9.97. The average Bonchev–Trinajstić information content (AvgIpc) is 2.66. The Bertz CT molecular complexity index is 630. The third-order valence-electron chi connectivity index (χ3n) is 2.78. The van der Waals surface area contributed by atoms with Crippen LogP contribution in [0.1, 0.15) is 18.4 Å². The van der Waals surface area contributed by atoms with Crippen molar-refractivity contribution in [3.05, 3.63) is 39.8 Å². The topological polar surface area (TPSA) is 60.4 Å². The Labute approximate surface area is 136 Å². The smallest absolute Gasteiger partial charge is 0.266 e. The highest BCUT2D eigenvalue weighted by Crippen LogP contribution is 2.32. The van der Waals surface area contributed by atoms with Crippen LogP contribution in [-0.2, 0) is 9.59 Å². The molecular formula is C14H11ClNO3S2-. The summed E-state index contributed by atoms with van der Waals surface area (Å²) in [7, 11) is 0. The summed E-state index contributed by atoms with van der Waals surface area (Å²) in [5, 5.41) is 11.0. The zero-order chi connectivity index (χ0) is 15.4. The summed E-state index contributed by atoms with van der Waals surface area (Å²) in [5.41, 5.74) is 0.817. The number of carboxylic acids is 1. The third kappa shape index (κ3) is 4.30. The van der Waals surface area contributed by atoms with Crippen LogP contribution >= 0.6 is 35.6 Å². The highest BCUT2D eigenvalue weighted by atomic mass is 35.5. The number of thiocarbonyl (C=S) groups is 1. The maximum absolute atomic E-state index is 12.2. The molecule has 0 spiro atoms. The second-order valence-electron chi connectivity index (χ2n) is 4.36. The van der Waals surface area contributed by atoms with Crippen molar-refractivity contribution in [3.8, 4) is 0 Å². The van der Waals surface area contributed by atoms with E-state index in [1.54, 1.807) is 24.3 Å². The molecule has 1 aromatic rings. The number of hydrogen-bond donors (Lipinski definition) is 0. The van der Waals surface area contributed by atoms with Crippen molar-refractivity contribution >= 4 is 57.9 Å². The first-order valence-corrected chi connectivity index (χ1v) is 7.78. The van der Waals surface area contributed by atoms with Crippen LogP contribution in [-0.4, -0.2) is 27.6 Å². The van der Waals surface area contributed by atoms with E-state index in [0.717, 1.165) is 5.56 Å². The van der Waals surface area contributed by atoms with Gasteiger partial charge in [-0.3, -0.25) is 9.69 Å². The van der Waals surface area contributed by atoms with Crippen LogP contribution in [0.3, 0.4) is 0 Å². The molecule has 0 N–H and O–H groups in total. The zero-order valence-corrected chi connectivity index (χ0v) is 13.3. The minimum absolute atomic E-state index is 0.0929. The molecule has 7 heteroatoms. The van der Waals surface area contributed by atoms with Gasteiger partial charge in [-0.2, -0.15) is 0 Å². The molecule has 2 rings (SSSR count). The Hall–Kier alpha value is -1.37. The molecule has 4 nitrogen and oxygen atoms in total. The Morgan fingerprint density at radius 2 is 2.24 bits per heavy atom. The van der Waals surface area contributed by atoms with Gasteiger partial charge >= 0.3 is 0 Å². The Balaban J connectivity index is 2.08. The first kappa shape index (κ1) is 16.0. The van der Waals surface area contributed by atoms with Crippen LogP contribution < -0.4 is 5.11 Å². The fourth-order valence-corrected chi connectivity index (χ4v) is 3.33. The van der Waals surface area contributed by atoms with Crippen LogP contribution in [0.2, 0.25) is 5.02 Å². The van der Waals surface area contributed by atoms with Gasteiger partial charge in [0, 0.05) is 17.5 Å². The predicted octanol–water partition coefficient (Wildman–Crippen LogP) is 2.07. The normalized spacial score (nSPS) is 16.8. The second kappa shape index (κ2) is 7.06. The van der Waals surface area contributed by atoms with Gasteiger partial charge < -0.3 is 9.90 Å². The molecule has 0 atom stereocenters. The van der Waals surface area contributed by atoms with Crippen LogP contribution in [0.25, 0.3) is 6.08 Å². The molecule has 0 unspecified atom stereocenters. The molecule has 0 radical (unpaired) electrons. The minimum atomic E-state index is -1.13. The highest BCUT2D eigenvalue weighted by molar-refractivity contribution is 8.26. The molecule has 110 valence electrons. The summed E-state index contributed by atoms with van der Waals surface area (Å²) in [6.45, 7) is 0.283. The van der Waals surface area contributed by atoms with E-state index >= 15 is 0 Å². The minimum Gasteiger partial charge on any atom is -0.550 e. The van der Waals surface area contributed by atoms with E-state index in [1.807, 2.05) is 6.07 Å². The summed E-state index contributed by atoms with van der Waals surface area (Å²) in [6.07, 6.45) is 1.95. The summed E-state index contributed by atoms with van der Waals surface area (Å²) >= 11 is 12.3. The van der Waals surface area contributed by atoms with Crippen molar-refractivity contribution in [1.82, 2.24) is 4.90 Å². The van der Waals surface area contributed by atoms with E-state index in [9.17, 15) is 14.7 Å². The molecular weight excluding hydrogens is 330 g/mol. The molecule has 0 bridgehead atoms. The summed E-state index contributed by atoms with van der Waals surface area (Å²) in [6, 6.07) is 7.15. The Morgan fingerprint density at radius 3 is 2.90 bits per heavy atom. The van der Waals surface area contributed by atoms with Crippen LogP contribution in [0, 0.1) is 0 Å². The van der Waals surface area contributed by atoms with Crippen molar-refractivity contribution in [2.45, 2.75) is 12.8 Å². The number of carbonyl (C=O) groups is 2. The Morgan fingerprint density at radius 1 is 1.48 bits per heavy atom. The average molecular weight is 341 g/mol. The first-order valence-electron chi connectivity index (χ1n) is 6.18. The van der Waals surface area contributed by atoms with Crippen LogP contribution in [0.5, 0.6) is 0 Å². The van der Waals surface area contributed by atoms with Gasteiger partial charge in [0.1, 0.15) is 4.32 Å². The quantitative estimate of drug-likeness (QED) is 0.606. The lowest BCUT2D eigenvalue weighted by molar-refractivity contribution is -0.305. The highest BCUT2D eigenvalue weighted by Gasteiger charge is 2.31. The lowest BCUT2D eigenvalue weighted by Gasteiger charge is -2.14. The predicted molar refractivity (Wildman–Crippen MR) is 85.6 cm³/mol. The van der Waals surface area contributed by atoms with Crippen molar-refractivity contribution < 1.29 is 14.7 Å². The van der Waals surface area contributed by atoms with Gasteiger partial charge in [-0.25, -0.2) is 0 Å². The molecule has 1 saturated heterocycles. The van der Waals surface area contributed by atoms with E-state index in [-0.39, 0.29) is 18.9 Å². The van der Waals surface area contributed by atoms with Crippen LogP contribution in [0.15, 0.2) is 29.2 Å². The van der Waals surface area contributed by atoms with E-state index in [1.165, 1.54) is 16.7 Å². The number of nitrogens with zero attached hydrogens (tertiary/aromatic N) is 1. The lowest BCUT2D eigenvalue weighted by Crippen LogP contribution is -2.30. The van der Waals surface area contributed by atoms with Crippen molar-refractivity contribution in [1.29, 1.82) is 0 Å². The fraction of sp³-hybridized carbons (Fsp3) is 0.214. The maximum atomic E-state index is 12.2. The number of aliphatic carboxylic acids is 1. The van der Waals surface area contributed by atoms with Gasteiger partial charge in [0.2, 0.25) is 0 Å². The molecule has 1 amide bonds. The number of carbonyl (C=O) groups excluding carboxylic acids is 2. The molecule has 1 fully saturated rings. The van der Waals surface area contributed by atoms with Gasteiger partial charge in [-0.1, -0.05) is 47.7 Å². The number of halogens is 1. The monoisotopic (exact) mass is 340 g/mol. The lowest BCUT2D eigenvalue weighted by atomic mass is 10.2. The number of thioether (sulfide) groups is 1. The number of rotatable bonds is 5. The van der Waals surface area contributed by atoms with Gasteiger partial charge in [0.25, 0.3) is 5.91 Å². The molecule has 1 heterocycles.